The average Bonchev–Trinajstić information content (AvgIpc) is 2.89. The summed E-state index contributed by atoms with van der Waals surface area (Å²) in [4.78, 5) is 0. The molecule has 1 heterocycles. The van der Waals surface area contributed by atoms with Crippen LogP contribution in [0.2, 0.25) is 0 Å². The fraction of sp³-hybridized carbons (Fsp3) is 0.412. The molecular formula is C17H22INOS. The second-order valence-corrected chi connectivity index (χ2v) is 8.06. The summed E-state index contributed by atoms with van der Waals surface area (Å²) >= 11 is 4.19. The first-order chi connectivity index (χ1) is 10.1. The second-order valence-electron chi connectivity index (χ2n) is 5.25. The molecule has 1 aromatic carbocycles. The maximum atomic E-state index is 5.43. The number of hydrogen-bond donors (Lipinski definition) is 1. The predicted octanol–water partition coefficient (Wildman–Crippen LogP) is 5.07. The molecule has 0 radical (unpaired) electrons. The second kappa shape index (κ2) is 7.61. The van der Waals surface area contributed by atoms with Crippen molar-refractivity contribution in [1.82, 2.24) is 5.32 Å². The number of thiophene rings is 1. The summed E-state index contributed by atoms with van der Waals surface area (Å²) < 4.78 is 6.76. The van der Waals surface area contributed by atoms with Crippen LogP contribution in [-0.2, 0) is 0 Å². The molecule has 0 bridgehead atoms. The van der Waals surface area contributed by atoms with Gasteiger partial charge in [-0.15, -0.1) is 11.3 Å². The third-order valence-corrected chi connectivity index (χ3v) is 5.42. The van der Waals surface area contributed by atoms with Crippen molar-refractivity contribution in [3.63, 3.8) is 0 Å². The first-order valence-electron chi connectivity index (χ1n) is 7.19. The van der Waals surface area contributed by atoms with E-state index in [2.05, 4.69) is 72.3 Å². The smallest absolute Gasteiger partial charge is 0.122 e. The Hall–Kier alpha value is -0.590. The summed E-state index contributed by atoms with van der Waals surface area (Å²) in [6, 6.07) is 6.93. The molecule has 2 rings (SSSR count). The van der Waals surface area contributed by atoms with Gasteiger partial charge in [-0.1, -0.05) is 13.0 Å². The number of ether oxygens (including phenoxy) is 1. The number of nitrogens with one attached hydrogen (secondary N) is 1. The van der Waals surface area contributed by atoms with Gasteiger partial charge in [-0.3, -0.25) is 0 Å². The van der Waals surface area contributed by atoms with Gasteiger partial charge >= 0.3 is 0 Å². The third-order valence-electron chi connectivity index (χ3n) is 3.61. The Kier molecular flexibility index (Phi) is 6.08. The van der Waals surface area contributed by atoms with E-state index in [4.69, 9.17) is 4.74 Å². The van der Waals surface area contributed by atoms with Crippen molar-refractivity contribution >= 4 is 33.9 Å². The van der Waals surface area contributed by atoms with Gasteiger partial charge in [0, 0.05) is 0 Å². The number of aryl methyl sites for hydroxylation is 2. The molecule has 1 atom stereocenters. The van der Waals surface area contributed by atoms with Crippen LogP contribution in [0.4, 0.5) is 0 Å². The lowest BCUT2D eigenvalue weighted by molar-refractivity contribution is 0.411. The molecule has 0 aliphatic rings. The Morgan fingerprint density at radius 3 is 2.57 bits per heavy atom. The maximum Gasteiger partial charge on any atom is 0.122 e. The summed E-state index contributed by atoms with van der Waals surface area (Å²) in [6.45, 7) is 7.49. The van der Waals surface area contributed by atoms with Crippen LogP contribution in [-0.4, -0.2) is 13.7 Å². The topological polar surface area (TPSA) is 21.3 Å². The van der Waals surface area contributed by atoms with E-state index in [0.717, 1.165) is 18.7 Å². The molecule has 0 aliphatic carbocycles. The molecule has 2 nitrogen and oxygen atoms in total. The van der Waals surface area contributed by atoms with Gasteiger partial charge in [-0.05, 0) is 89.2 Å². The van der Waals surface area contributed by atoms with Gasteiger partial charge in [0.2, 0.25) is 0 Å². The highest BCUT2D eigenvalue weighted by atomic mass is 127. The van der Waals surface area contributed by atoms with Gasteiger partial charge < -0.3 is 10.1 Å². The first-order valence-corrected chi connectivity index (χ1v) is 9.15. The van der Waals surface area contributed by atoms with Gasteiger partial charge in [0.25, 0.3) is 0 Å². The van der Waals surface area contributed by atoms with Crippen LogP contribution in [0.5, 0.6) is 5.75 Å². The quantitative estimate of drug-likeness (QED) is 0.666. The fourth-order valence-electron chi connectivity index (χ4n) is 2.51. The van der Waals surface area contributed by atoms with Crippen LogP contribution in [0.3, 0.4) is 0 Å². The monoisotopic (exact) mass is 415 g/mol. The molecule has 0 saturated heterocycles. The van der Waals surface area contributed by atoms with E-state index in [0.29, 0.717) is 0 Å². The van der Waals surface area contributed by atoms with Crippen LogP contribution in [0.25, 0.3) is 0 Å². The van der Waals surface area contributed by atoms with Crippen molar-refractivity contribution in [3.8, 4) is 5.75 Å². The molecule has 2 aromatic rings. The zero-order valence-corrected chi connectivity index (χ0v) is 16.0. The summed E-state index contributed by atoms with van der Waals surface area (Å²) in [5.41, 5.74) is 5.15. The number of halogens is 1. The molecule has 1 N–H and O–H groups in total. The Morgan fingerprint density at radius 1 is 1.24 bits per heavy atom. The van der Waals surface area contributed by atoms with Gasteiger partial charge in [-0.25, -0.2) is 0 Å². The standard InChI is InChI=1S/C17H22INOS/c1-5-6-19-17(13-9-16(18)21-10-13)14-7-12(3)15(20-4)8-11(14)2/h7-10,17,19H,5-6H2,1-4H3. The Morgan fingerprint density at radius 2 is 2.00 bits per heavy atom. The molecule has 0 spiro atoms. The molecule has 1 aromatic heterocycles. The molecule has 0 fully saturated rings. The minimum absolute atomic E-state index is 0.259. The normalized spacial score (nSPS) is 12.4. The molecule has 0 saturated carbocycles. The highest BCUT2D eigenvalue weighted by Gasteiger charge is 2.18. The maximum absolute atomic E-state index is 5.43. The van der Waals surface area contributed by atoms with Gasteiger partial charge in [0.05, 0.1) is 16.0 Å². The molecule has 114 valence electrons. The lowest BCUT2D eigenvalue weighted by atomic mass is 9.94. The van der Waals surface area contributed by atoms with Crippen LogP contribution in [0.15, 0.2) is 23.6 Å². The summed E-state index contributed by atoms with van der Waals surface area (Å²) in [7, 11) is 1.73. The number of benzene rings is 1. The molecule has 1 unspecified atom stereocenters. The van der Waals surface area contributed by atoms with Crippen molar-refractivity contribution in [2.24, 2.45) is 0 Å². The van der Waals surface area contributed by atoms with E-state index < -0.39 is 0 Å². The fourth-order valence-corrected chi connectivity index (χ4v) is 3.91. The highest BCUT2D eigenvalue weighted by molar-refractivity contribution is 14.1. The van der Waals surface area contributed by atoms with E-state index in [1.807, 2.05) is 0 Å². The average molecular weight is 415 g/mol. The van der Waals surface area contributed by atoms with Crippen molar-refractivity contribution in [2.45, 2.75) is 33.2 Å². The molecular weight excluding hydrogens is 393 g/mol. The molecule has 4 heteroatoms. The highest BCUT2D eigenvalue weighted by Crippen LogP contribution is 2.32. The summed E-state index contributed by atoms with van der Waals surface area (Å²) in [5.74, 6) is 0.963. The van der Waals surface area contributed by atoms with E-state index in [1.165, 1.54) is 25.1 Å². The lowest BCUT2D eigenvalue weighted by Crippen LogP contribution is -2.23. The van der Waals surface area contributed by atoms with Crippen LogP contribution < -0.4 is 10.1 Å². The summed E-state index contributed by atoms with van der Waals surface area (Å²) in [6.07, 6.45) is 1.13. The predicted molar refractivity (Wildman–Crippen MR) is 99.6 cm³/mol. The lowest BCUT2D eigenvalue weighted by Gasteiger charge is -2.22. The van der Waals surface area contributed by atoms with E-state index >= 15 is 0 Å². The molecule has 21 heavy (non-hydrogen) atoms. The summed E-state index contributed by atoms with van der Waals surface area (Å²) in [5, 5.41) is 5.94. The van der Waals surface area contributed by atoms with Crippen LogP contribution in [0.1, 0.15) is 41.6 Å². The van der Waals surface area contributed by atoms with E-state index in [-0.39, 0.29) is 6.04 Å². The Balaban J connectivity index is 2.43. The van der Waals surface area contributed by atoms with Gasteiger partial charge in [0.15, 0.2) is 0 Å². The van der Waals surface area contributed by atoms with Gasteiger partial charge in [0.1, 0.15) is 5.75 Å². The SMILES string of the molecule is CCCNC(c1csc(I)c1)c1cc(C)c(OC)cc1C. The largest absolute Gasteiger partial charge is 0.496 e. The van der Waals surface area contributed by atoms with Crippen LogP contribution in [0, 0.1) is 16.7 Å². The number of methoxy groups -OCH3 is 1. The third kappa shape index (κ3) is 3.99. The van der Waals surface area contributed by atoms with Crippen molar-refractivity contribution in [3.05, 3.63) is 48.7 Å². The van der Waals surface area contributed by atoms with Crippen molar-refractivity contribution in [2.75, 3.05) is 13.7 Å². The van der Waals surface area contributed by atoms with E-state index in [9.17, 15) is 0 Å². The zero-order valence-electron chi connectivity index (χ0n) is 13.0. The first kappa shape index (κ1) is 16.8. The molecule has 0 amide bonds. The van der Waals surface area contributed by atoms with Crippen molar-refractivity contribution in [1.29, 1.82) is 0 Å². The number of hydrogen-bond acceptors (Lipinski definition) is 3. The molecule has 0 aliphatic heterocycles. The van der Waals surface area contributed by atoms with Gasteiger partial charge in [-0.2, -0.15) is 0 Å². The Bertz CT molecular complexity index is 609. The van der Waals surface area contributed by atoms with Crippen LogP contribution >= 0.6 is 33.9 Å². The minimum atomic E-state index is 0.259. The van der Waals surface area contributed by atoms with E-state index in [1.54, 1.807) is 18.4 Å². The Labute approximate surface area is 145 Å². The minimum Gasteiger partial charge on any atom is -0.496 e. The zero-order chi connectivity index (χ0) is 15.4. The van der Waals surface area contributed by atoms with Crippen molar-refractivity contribution < 1.29 is 4.74 Å². The number of rotatable bonds is 6.